The van der Waals surface area contributed by atoms with Crippen molar-refractivity contribution >= 4 is 23.2 Å². The SMILES string of the molecule is Cc1ccc(C(=O)N2CC[C@@]3(C2)CN(c2ccccc2)C(=O)CO3)cc1NCc1ccccn1. The number of aryl methyl sites for hydroxylation is 1. The Balaban J connectivity index is 1.28. The van der Waals surface area contributed by atoms with E-state index in [2.05, 4.69) is 10.3 Å². The molecule has 1 atom stereocenters. The van der Waals surface area contributed by atoms with Crippen LogP contribution in [0.4, 0.5) is 11.4 Å². The van der Waals surface area contributed by atoms with E-state index in [-0.39, 0.29) is 18.4 Å². The predicted molar refractivity (Wildman–Crippen MR) is 131 cm³/mol. The Hall–Kier alpha value is -3.71. The van der Waals surface area contributed by atoms with Crippen molar-refractivity contribution in [3.63, 3.8) is 0 Å². The van der Waals surface area contributed by atoms with Crippen LogP contribution in [0.1, 0.15) is 28.0 Å². The smallest absolute Gasteiger partial charge is 0.254 e. The Morgan fingerprint density at radius 2 is 1.91 bits per heavy atom. The van der Waals surface area contributed by atoms with Gasteiger partial charge in [0.1, 0.15) is 12.2 Å². The van der Waals surface area contributed by atoms with Crippen LogP contribution < -0.4 is 10.2 Å². The maximum atomic E-state index is 13.4. The number of para-hydroxylation sites is 1. The number of nitrogens with zero attached hydrogens (tertiary/aromatic N) is 3. The topological polar surface area (TPSA) is 74.8 Å². The molecule has 0 unspecified atom stereocenters. The molecule has 1 N–H and O–H groups in total. The zero-order chi connectivity index (χ0) is 23.5. The van der Waals surface area contributed by atoms with Gasteiger partial charge in [0.05, 0.1) is 25.3 Å². The number of anilines is 2. The molecule has 1 spiro atoms. The van der Waals surface area contributed by atoms with Gasteiger partial charge in [-0.1, -0.05) is 30.3 Å². The third kappa shape index (κ3) is 4.52. The van der Waals surface area contributed by atoms with E-state index in [9.17, 15) is 9.59 Å². The van der Waals surface area contributed by atoms with E-state index in [1.165, 1.54) is 0 Å². The van der Waals surface area contributed by atoms with Crippen molar-refractivity contribution in [2.75, 3.05) is 36.5 Å². The van der Waals surface area contributed by atoms with Crippen LogP contribution in [0.15, 0.2) is 72.9 Å². The van der Waals surface area contributed by atoms with Gasteiger partial charge in [0, 0.05) is 29.7 Å². The fourth-order valence-electron chi connectivity index (χ4n) is 4.64. The monoisotopic (exact) mass is 456 g/mol. The number of hydrogen-bond donors (Lipinski definition) is 1. The molecule has 0 bridgehead atoms. The molecule has 2 fully saturated rings. The summed E-state index contributed by atoms with van der Waals surface area (Å²) in [6.07, 6.45) is 2.47. The second-order valence-corrected chi connectivity index (χ2v) is 8.97. The van der Waals surface area contributed by atoms with Crippen molar-refractivity contribution in [3.05, 3.63) is 89.7 Å². The van der Waals surface area contributed by atoms with E-state index in [0.29, 0.717) is 38.2 Å². The summed E-state index contributed by atoms with van der Waals surface area (Å²) < 4.78 is 6.03. The number of amides is 2. The number of hydrogen-bond acceptors (Lipinski definition) is 5. The summed E-state index contributed by atoms with van der Waals surface area (Å²) in [5.74, 6) is -0.0757. The molecule has 3 aromatic rings. The Bertz CT molecular complexity index is 1180. The number of likely N-dealkylation sites (tertiary alicyclic amines) is 1. The number of pyridine rings is 1. The van der Waals surface area contributed by atoms with E-state index in [4.69, 9.17) is 4.74 Å². The molecule has 174 valence electrons. The maximum absolute atomic E-state index is 13.4. The average Bonchev–Trinajstić information content (AvgIpc) is 3.29. The highest BCUT2D eigenvalue weighted by atomic mass is 16.5. The standard InChI is InChI=1S/C27H28N4O3/c1-20-10-11-21(15-24(20)29-16-22-7-5-6-13-28-22)26(33)30-14-12-27(18-30)19-31(25(32)17-34-27)23-8-3-2-4-9-23/h2-11,13,15,29H,12,14,16-19H2,1H3/t27-/m1/s1. The number of aromatic nitrogens is 1. The molecular weight excluding hydrogens is 428 g/mol. The highest BCUT2D eigenvalue weighted by Gasteiger charge is 2.46. The minimum absolute atomic E-state index is 0.0236. The molecule has 2 amide bonds. The molecule has 2 aliphatic rings. The Morgan fingerprint density at radius 1 is 1.09 bits per heavy atom. The van der Waals surface area contributed by atoms with Gasteiger partial charge in [0.25, 0.3) is 11.8 Å². The minimum Gasteiger partial charge on any atom is -0.379 e. The minimum atomic E-state index is -0.538. The van der Waals surface area contributed by atoms with Crippen molar-refractivity contribution in [1.82, 2.24) is 9.88 Å². The predicted octanol–water partition coefficient (Wildman–Crippen LogP) is 3.65. The zero-order valence-corrected chi connectivity index (χ0v) is 19.2. The molecule has 2 saturated heterocycles. The van der Waals surface area contributed by atoms with Crippen molar-refractivity contribution in [3.8, 4) is 0 Å². The average molecular weight is 457 g/mol. The number of ether oxygens (including phenoxy) is 1. The van der Waals surface area contributed by atoms with Crippen molar-refractivity contribution in [1.29, 1.82) is 0 Å². The summed E-state index contributed by atoms with van der Waals surface area (Å²) in [5.41, 5.74) is 3.88. The number of carbonyl (C=O) groups is 2. The van der Waals surface area contributed by atoms with Gasteiger partial charge in [-0.25, -0.2) is 0 Å². The van der Waals surface area contributed by atoms with Gasteiger partial charge >= 0.3 is 0 Å². The first-order chi connectivity index (χ1) is 16.5. The van der Waals surface area contributed by atoms with E-state index < -0.39 is 5.60 Å². The molecular formula is C27H28N4O3. The quantitative estimate of drug-likeness (QED) is 0.634. The summed E-state index contributed by atoms with van der Waals surface area (Å²) in [6, 6.07) is 21.2. The molecule has 5 rings (SSSR count). The van der Waals surface area contributed by atoms with E-state index in [0.717, 1.165) is 22.6 Å². The van der Waals surface area contributed by atoms with Crippen LogP contribution >= 0.6 is 0 Å². The van der Waals surface area contributed by atoms with Gasteiger partial charge in [-0.15, -0.1) is 0 Å². The molecule has 7 heteroatoms. The van der Waals surface area contributed by atoms with E-state index >= 15 is 0 Å². The molecule has 0 saturated carbocycles. The van der Waals surface area contributed by atoms with Crippen LogP contribution in [-0.4, -0.2) is 53.5 Å². The van der Waals surface area contributed by atoms with Gasteiger partial charge in [0.15, 0.2) is 0 Å². The molecule has 34 heavy (non-hydrogen) atoms. The largest absolute Gasteiger partial charge is 0.379 e. The molecule has 1 aromatic heterocycles. The summed E-state index contributed by atoms with van der Waals surface area (Å²) in [4.78, 5) is 33.9. The molecule has 3 heterocycles. The van der Waals surface area contributed by atoms with Crippen LogP contribution in [0.2, 0.25) is 0 Å². The lowest BCUT2D eigenvalue weighted by Gasteiger charge is -2.40. The summed E-state index contributed by atoms with van der Waals surface area (Å²) in [7, 11) is 0. The first kappa shape index (κ1) is 22.1. The van der Waals surface area contributed by atoms with Crippen molar-refractivity contribution in [2.24, 2.45) is 0 Å². The molecule has 2 aliphatic heterocycles. The zero-order valence-electron chi connectivity index (χ0n) is 19.2. The van der Waals surface area contributed by atoms with Gasteiger partial charge in [-0.2, -0.15) is 0 Å². The van der Waals surface area contributed by atoms with Crippen LogP contribution in [0.5, 0.6) is 0 Å². The lowest BCUT2D eigenvalue weighted by atomic mass is 10.00. The van der Waals surface area contributed by atoms with Crippen molar-refractivity contribution < 1.29 is 14.3 Å². The Labute approximate surface area is 199 Å². The Kier molecular flexibility index (Phi) is 6.02. The van der Waals surface area contributed by atoms with Crippen LogP contribution in [0.25, 0.3) is 0 Å². The Morgan fingerprint density at radius 3 is 2.71 bits per heavy atom. The number of carbonyl (C=O) groups excluding carboxylic acids is 2. The summed E-state index contributed by atoms with van der Waals surface area (Å²) >= 11 is 0. The molecule has 7 nitrogen and oxygen atoms in total. The lowest BCUT2D eigenvalue weighted by molar-refractivity contribution is -0.137. The second kappa shape index (κ2) is 9.27. The first-order valence-electron chi connectivity index (χ1n) is 11.6. The van der Waals surface area contributed by atoms with Gasteiger partial charge in [0.2, 0.25) is 0 Å². The fraction of sp³-hybridized carbons (Fsp3) is 0.296. The van der Waals surface area contributed by atoms with Gasteiger partial charge in [-0.3, -0.25) is 14.6 Å². The lowest BCUT2D eigenvalue weighted by Crippen LogP contribution is -2.56. The number of rotatable bonds is 5. The van der Waals surface area contributed by atoms with Gasteiger partial charge < -0.3 is 19.9 Å². The van der Waals surface area contributed by atoms with E-state index in [1.54, 1.807) is 11.1 Å². The van der Waals surface area contributed by atoms with E-state index in [1.807, 2.05) is 78.6 Å². The normalized spacial score (nSPS) is 20.1. The fourth-order valence-corrected chi connectivity index (χ4v) is 4.64. The third-order valence-corrected chi connectivity index (χ3v) is 6.59. The van der Waals surface area contributed by atoms with Crippen LogP contribution in [0, 0.1) is 6.92 Å². The number of morpholine rings is 1. The summed E-state index contributed by atoms with van der Waals surface area (Å²) in [6.45, 7) is 4.15. The second-order valence-electron chi connectivity index (χ2n) is 8.97. The van der Waals surface area contributed by atoms with Gasteiger partial charge in [-0.05, 0) is 55.3 Å². The van der Waals surface area contributed by atoms with Crippen LogP contribution in [-0.2, 0) is 16.1 Å². The molecule has 0 aliphatic carbocycles. The maximum Gasteiger partial charge on any atom is 0.254 e. The van der Waals surface area contributed by atoms with Crippen molar-refractivity contribution in [2.45, 2.75) is 25.5 Å². The number of benzene rings is 2. The number of nitrogens with one attached hydrogen (secondary N) is 1. The van der Waals surface area contributed by atoms with Crippen LogP contribution in [0.3, 0.4) is 0 Å². The molecule has 0 radical (unpaired) electrons. The highest BCUT2D eigenvalue weighted by Crippen LogP contribution is 2.33. The molecule has 2 aromatic carbocycles. The first-order valence-corrected chi connectivity index (χ1v) is 11.6. The third-order valence-electron chi connectivity index (χ3n) is 6.59. The summed E-state index contributed by atoms with van der Waals surface area (Å²) in [5, 5.41) is 3.40. The highest BCUT2D eigenvalue weighted by molar-refractivity contribution is 5.96.